The smallest absolute Gasteiger partial charge is 0.366 e. The molecule has 0 amide bonds. The molecular weight excluding hydrogens is 151 g/mol. The van der Waals surface area contributed by atoms with Crippen molar-refractivity contribution in [2.24, 2.45) is 0 Å². The Morgan fingerprint density at radius 1 is 1.44 bits per heavy atom. The van der Waals surface area contributed by atoms with Gasteiger partial charge in [0, 0.05) is 6.20 Å². The van der Waals surface area contributed by atoms with Crippen LogP contribution in [-0.2, 0) is 0 Å². The molecule has 0 aliphatic carbocycles. The maximum absolute atomic E-state index is 11.6. The highest BCUT2D eigenvalue weighted by Gasteiger charge is 2.42. The summed E-state index contributed by atoms with van der Waals surface area (Å²) in [6, 6.07) is 0. The Hall–Kier alpha value is -0.320. The molecule has 0 saturated heterocycles. The normalized spacial score (nSPS) is 20.3. The number of hydrogen-bond acceptors (Lipinski definition) is 2. The van der Waals surface area contributed by atoms with Gasteiger partial charge in [-0.3, -0.25) is 0 Å². The summed E-state index contributed by atoms with van der Waals surface area (Å²) in [7, 11) is 0. The Balaban J connectivity index is 2.46. The summed E-state index contributed by atoms with van der Waals surface area (Å²) in [5.41, 5.74) is 0. The van der Waals surface area contributed by atoms with Gasteiger partial charge in [-0.1, -0.05) is 11.8 Å². The number of rotatable bonds is 0. The molecule has 0 fully saturated rings. The summed E-state index contributed by atoms with van der Waals surface area (Å²) in [4.78, 5) is 0. The van der Waals surface area contributed by atoms with Gasteiger partial charge < -0.3 is 5.32 Å². The van der Waals surface area contributed by atoms with Crippen molar-refractivity contribution >= 4 is 11.8 Å². The number of thioether (sulfide) groups is 1. The van der Waals surface area contributed by atoms with E-state index in [9.17, 15) is 13.2 Å². The summed E-state index contributed by atoms with van der Waals surface area (Å²) in [6.45, 7) is 0. The van der Waals surface area contributed by atoms with Crippen LogP contribution in [0.3, 0.4) is 0 Å². The molecule has 1 rings (SSSR count). The van der Waals surface area contributed by atoms with Crippen molar-refractivity contribution in [2.75, 3.05) is 0 Å². The third kappa shape index (κ3) is 1.54. The molecule has 1 nitrogen and oxygen atoms in total. The van der Waals surface area contributed by atoms with Crippen LogP contribution in [0.5, 0.6) is 0 Å². The maximum atomic E-state index is 11.6. The molecule has 1 radical (unpaired) electrons. The van der Waals surface area contributed by atoms with E-state index in [2.05, 4.69) is 5.32 Å². The molecule has 51 valence electrons. The second-order valence-corrected chi connectivity index (χ2v) is 2.31. The maximum Gasteiger partial charge on any atom is 0.424 e. The highest BCUT2D eigenvalue weighted by Crippen LogP contribution is 2.37. The number of halogens is 3. The van der Waals surface area contributed by atoms with E-state index in [0.29, 0.717) is 11.8 Å². The van der Waals surface area contributed by atoms with Crippen LogP contribution >= 0.6 is 11.8 Å². The summed E-state index contributed by atoms with van der Waals surface area (Å²) in [5.74, 6) is 0. The molecule has 9 heavy (non-hydrogen) atoms. The summed E-state index contributed by atoms with van der Waals surface area (Å²) >= 11 is 0.649. The Morgan fingerprint density at radius 3 is 2.33 bits per heavy atom. The number of nitrogens with one attached hydrogen (secondary N) is 1. The third-order valence-electron chi connectivity index (χ3n) is 0.726. The Bertz CT molecular complexity index is 122. The second kappa shape index (κ2) is 2.13. The van der Waals surface area contributed by atoms with Gasteiger partial charge in [0.15, 0.2) is 0 Å². The Labute approximate surface area is 54.3 Å². The van der Waals surface area contributed by atoms with Gasteiger partial charge in [0.1, 0.15) is 0 Å². The zero-order valence-electron chi connectivity index (χ0n) is 4.20. The lowest BCUT2D eigenvalue weighted by Gasteiger charge is -2.11. The molecule has 1 N–H and O–H groups in total. The molecule has 0 aromatic carbocycles. The first-order valence-corrected chi connectivity index (χ1v) is 3.01. The van der Waals surface area contributed by atoms with Crippen LogP contribution in [0.1, 0.15) is 0 Å². The van der Waals surface area contributed by atoms with Crippen molar-refractivity contribution in [3.8, 4) is 0 Å². The fourth-order valence-corrected chi connectivity index (χ4v) is 0.936. The van der Waals surface area contributed by atoms with Crippen LogP contribution in [0.2, 0.25) is 0 Å². The van der Waals surface area contributed by atoms with E-state index in [1.807, 2.05) is 0 Å². The first-order chi connectivity index (χ1) is 4.11. The molecular formula is C4H3F3NS. The van der Waals surface area contributed by atoms with Crippen LogP contribution in [0.15, 0.2) is 11.6 Å². The van der Waals surface area contributed by atoms with E-state index in [1.165, 1.54) is 11.6 Å². The minimum atomic E-state index is -4.21. The van der Waals surface area contributed by atoms with E-state index in [1.54, 1.807) is 0 Å². The van der Waals surface area contributed by atoms with Crippen molar-refractivity contribution in [2.45, 2.75) is 6.18 Å². The lowest BCUT2D eigenvalue weighted by atomic mass is 10.6. The lowest BCUT2D eigenvalue weighted by molar-refractivity contribution is -0.105. The molecule has 0 unspecified atom stereocenters. The van der Waals surface area contributed by atoms with E-state index < -0.39 is 11.6 Å². The molecule has 0 aromatic heterocycles. The van der Waals surface area contributed by atoms with Crippen LogP contribution < -0.4 is 5.32 Å². The van der Waals surface area contributed by atoms with Gasteiger partial charge in [0.25, 0.3) is 0 Å². The Morgan fingerprint density at radius 2 is 2.11 bits per heavy atom. The highest BCUT2D eigenvalue weighted by atomic mass is 32.2. The molecule has 1 aliphatic rings. The van der Waals surface area contributed by atoms with Crippen molar-refractivity contribution < 1.29 is 13.2 Å². The average Bonchev–Trinajstić information content (AvgIpc) is 2.08. The fraction of sp³-hybridized carbons (Fsp3) is 0.250. The van der Waals surface area contributed by atoms with E-state index in [-0.39, 0.29) is 0 Å². The molecule has 0 atom stereocenters. The van der Waals surface area contributed by atoms with Gasteiger partial charge >= 0.3 is 6.18 Å². The SMILES string of the molecule is FC(F)(F)[C]1NC=CS1. The van der Waals surface area contributed by atoms with Gasteiger partial charge in [0.05, 0.1) is 0 Å². The van der Waals surface area contributed by atoms with Crippen molar-refractivity contribution in [1.29, 1.82) is 0 Å². The van der Waals surface area contributed by atoms with E-state index in [0.717, 1.165) is 0 Å². The molecule has 0 spiro atoms. The zero-order chi connectivity index (χ0) is 6.91. The monoisotopic (exact) mass is 154 g/mol. The average molecular weight is 154 g/mol. The Kier molecular flexibility index (Phi) is 1.61. The van der Waals surface area contributed by atoms with Gasteiger partial charge in [-0.2, -0.15) is 13.2 Å². The molecule has 5 heteroatoms. The second-order valence-electron chi connectivity index (χ2n) is 1.39. The van der Waals surface area contributed by atoms with Crippen LogP contribution in [0, 0.1) is 5.37 Å². The molecule has 0 aromatic rings. The van der Waals surface area contributed by atoms with Gasteiger partial charge in [-0.25, -0.2) is 0 Å². The lowest BCUT2D eigenvalue weighted by Crippen LogP contribution is -2.25. The van der Waals surface area contributed by atoms with Crippen LogP contribution in [-0.4, -0.2) is 6.18 Å². The predicted octanol–water partition coefficient (Wildman–Crippen LogP) is 1.85. The summed E-state index contributed by atoms with van der Waals surface area (Å²) in [5, 5.41) is 2.76. The summed E-state index contributed by atoms with van der Waals surface area (Å²) < 4.78 is 34.8. The third-order valence-corrected chi connectivity index (χ3v) is 1.58. The topological polar surface area (TPSA) is 12.0 Å². The minimum absolute atomic E-state index is 0.649. The van der Waals surface area contributed by atoms with Crippen molar-refractivity contribution in [1.82, 2.24) is 5.32 Å². The van der Waals surface area contributed by atoms with Crippen LogP contribution in [0.25, 0.3) is 0 Å². The zero-order valence-corrected chi connectivity index (χ0v) is 5.01. The van der Waals surface area contributed by atoms with E-state index in [4.69, 9.17) is 0 Å². The van der Waals surface area contributed by atoms with Gasteiger partial charge in [-0.15, -0.1) is 0 Å². The molecule has 1 aliphatic heterocycles. The predicted molar refractivity (Wildman–Crippen MR) is 29.2 cm³/mol. The highest BCUT2D eigenvalue weighted by molar-refractivity contribution is 8.05. The molecule has 0 bridgehead atoms. The fourth-order valence-electron chi connectivity index (χ4n) is 0.394. The number of alkyl halides is 3. The minimum Gasteiger partial charge on any atom is -0.366 e. The largest absolute Gasteiger partial charge is 0.424 e. The van der Waals surface area contributed by atoms with Crippen molar-refractivity contribution in [3.05, 3.63) is 17.0 Å². The van der Waals surface area contributed by atoms with Gasteiger partial charge in [-0.05, 0) is 5.41 Å². The number of hydrogen-bond donors (Lipinski definition) is 1. The van der Waals surface area contributed by atoms with E-state index >= 15 is 0 Å². The first-order valence-electron chi connectivity index (χ1n) is 2.13. The van der Waals surface area contributed by atoms with Crippen LogP contribution in [0.4, 0.5) is 13.2 Å². The molecule has 0 saturated carbocycles. The summed E-state index contributed by atoms with van der Waals surface area (Å²) in [6.07, 6.45) is -2.96. The quantitative estimate of drug-likeness (QED) is 0.571. The molecule has 1 heterocycles. The van der Waals surface area contributed by atoms with Gasteiger partial charge in [0.2, 0.25) is 5.37 Å². The standard InChI is InChI=1S/C4H3F3NS/c5-4(6,7)3-8-1-2-9-3/h1-2,8H. The van der Waals surface area contributed by atoms with Crippen molar-refractivity contribution in [3.63, 3.8) is 0 Å². The first kappa shape index (κ1) is 6.80.